The van der Waals surface area contributed by atoms with Crippen LogP contribution >= 0.6 is 15.9 Å². The number of esters is 1. The first-order valence-electron chi connectivity index (χ1n) is 13.9. The first-order chi connectivity index (χ1) is 19.0. The average molecular weight is 624 g/mol. The maximum atomic E-state index is 13.1. The van der Waals surface area contributed by atoms with Gasteiger partial charge in [0.2, 0.25) is 0 Å². The zero-order valence-corrected chi connectivity index (χ0v) is 23.9. The van der Waals surface area contributed by atoms with Gasteiger partial charge in [-0.25, -0.2) is 9.59 Å². The van der Waals surface area contributed by atoms with Gasteiger partial charge in [0.25, 0.3) is 0 Å². The van der Waals surface area contributed by atoms with Gasteiger partial charge in [0.1, 0.15) is 11.9 Å². The van der Waals surface area contributed by atoms with Crippen LogP contribution in [0.15, 0.2) is 46.9 Å². The largest absolute Gasteiger partial charge is 0.484 e. The minimum Gasteiger partial charge on any atom is -0.484 e. The highest BCUT2D eigenvalue weighted by atomic mass is 79.9. The van der Waals surface area contributed by atoms with Crippen LogP contribution in [0.25, 0.3) is 0 Å². The lowest BCUT2D eigenvalue weighted by Gasteiger charge is -2.56. The van der Waals surface area contributed by atoms with E-state index in [0.717, 1.165) is 31.4 Å². The van der Waals surface area contributed by atoms with Gasteiger partial charge in [0.05, 0.1) is 22.2 Å². The van der Waals surface area contributed by atoms with Gasteiger partial charge in [0.15, 0.2) is 0 Å². The molecule has 216 valence electrons. The van der Waals surface area contributed by atoms with Crippen molar-refractivity contribution < 1.29 is 32.2 Å². The summed E-state index contributed by atoms with van der Waals surface area (Å²) >= 11 is 3.42. The van der Waals surface area contributed by atoms with Crippen molar-refractivity contribution in [3.63, 3.8) is 0 Å². The molecule has 4 fully saturated rings. The number of nitrogens with one attached hydrogen (secondary N) is 2. The zero-order valence-electron chi connectivity index (χ0n) is 22.4. The van der Waals surface area contributed by atoms with Gasteiger partial charge in [-0.15, -0.1) is 0 Å². The van der Waals surface area contributed by atoms with E-state index in [1.165, 1.54) is 31.4 Å². The number of amides is 2. The van der Waals surface area contributed by atoms with Crippen molar-refractivity contribution in [1.82, 2.24) is 10.6 Å². The van der Waals surface area contributed by atoms with E-state index in [0.29, 0.717) is 45.5 Å². The summed E-state index contributed by atoms with van der Waals surface area (Å²) in [6.07, 6.45) is 2.20. The third-order valence-electron chi connectivity index (χ3n) is 8.43. The Balaban J connectivity index is 1.25. The molecule has 0 saturated heterocycles. The van der Waals surface area contributed by atoms with Crippen LogP contribution in [0.5, 0.6) is 5.75 Å². The minimum absolute atomic E-state index is 0.117. The average Bonchev–Trinajstić information content (AvgIpc) is 2.87. The van der Waals surface area contributed by atoms with Gasteiger partial charge < -0.3 is 20.1 Å². The number of carbonyl (C=O) groups is 2. The van der Waals surface area contributed by atoms with Crippen LogP contribution in [0.3, 0.4) is 0 Å². The third kappa shape index (κ3) is 6.58. The van der Waals surface area contributed by atoms with Crippen LogP contribution in [0.2, 0.25) is 0 Å². The molecule has 6 rings (SSSR count). The molecule has 1 atom stereocenters. The molecule has 2 aromatic rings. The Morgan fingerprint density at radius 3 is 2.20 bits per heavy atom. The van der Waals surface area contributed by atoms with Crippen LogP contribution in [0.4, 0.5) is 18.0 Å². The molecule has 1 unspecified atom stereocenters. The number of benzene rings is 2. The number of hydrogen-bond acceptors (Lipinski definition) is 4. The predicted octanol–water partition coefficient (Wildman–Crippen LogP) is 7.42. The maximum absolute atomic E-state index is 13.1. The summed E-state index contributed by atoms with van der Waals surface area (Å²) in [7, 11) is 0. The van der Waals surface area contributed by atoms with Gasteiger partial charge >= 0.3 is 18.2 Å². The van der Waals surface area contributed by atoms with E-state index in [1.54, 1.807) is 25.1 Å². The highest BCUT2D eigenvalue weighted by Crippen LogP contribution is 2.55. The number of rotatable bonds is 9. The monoisotopic (exact) mass is 622 g/mol. The molecule has 4 aliphatic rings. The van der Waals surface area contributed by atoms with Crippen molar-refractivity contribution in [2.45, 2.75) is 69.7 Å². The van der Waals surface area contributed by atoms with E-state index in [2.05, 4.69) is 26.6 Å². The van der Waals surface area contributed by atoms with E-state index in [4.69, 9.17) is 9.47 Å². The third-order valence-corrected chi connectivity index (χ3v) is 9.05. The molecule has 4 aliphatic carbocycles. The van der Waals surface area contributed by atoms with Crippen molar-refractivity contribution in [2.75, 3.05) is 13.2 Å². The quantitative estimate of drug-likeness (QED) is 0.285. The van der Waals surface area contributed by atoms with Crippen LogP contribution in [0.1, 0.15) is 79.5 Å². The van der Waals surface area contributed by atoms with Crippen molar-refractivity contribution >= 4 is 27.9 Å². The summed E-state index contributed by atoms with van der Waals surface area (Å²) in [4.78, 5) is 25.0. The van der Waals surface area contributed by atoms with Crippen LogP contribution in [0, 0.1) is 17.8 Å². The lowest BCUT2D eigenvalue weighted by molar-refractivity contribution is -0.137. The van der Waals surface area contributed by atoms with E-state index in [1.807, 2.05) is 0 Å². The van der Waals surface area contributed by atoms with Crippen LogP contribution < -0.4 is 15.4 Å². The number of hydrogen-bond donors (Lipinski definition) is 2. The second kappa shape index (κ2) is 11.6. The van der Waals surface area contributed by atoms with Crippen molar-refractivity contribution in [3.05, 3.63) is 63.6 Å². The molecule has 40 heavy (non-hydrogen) atoms. The van der Waals surface area contributed by atoms with Gasteiger partial charge in [-0.2, -0.15) is 13.2 Å². The number of urea groups is 1. The molecule has 4 saturated carbocycles. The Hall–Kier alpha value is -2.75. The van der Waals surface area contributed by atoms with Crippen molar-refractivity contribution in [2.24, 2.45) is 17.8 Å². The SMILES string of the molecule is CCOC(=O)c1ccc(OC(CCNC(=O)NC23CC4CC(CC(C4)C2)C3)c2ccc(C(F)(F)F)cc2)c(Br)c1. The highest BCUT2D eigenvalue weighted by Gasteiger charge is 2.51. The van der Waals surface area contributed by atoms with Crippen molar-refractivity contribution in [1.29, 1.82) is 0 Å². The van der Waals surface area contributed by atoms with Crippen LogP contribution in [-0.2, 0) is 10.9 Å². The standard InChI is InChI=1S/C30H34BrF3N2O4/c1-2-39-27(37)22-5-8-26(24(31)14-22)40-25(21-3-6-23(7-4-21)30(32,33)34)9-10-35-28(38)36-29-15-18-11-19(16-29)13-20(12-18)17-29/h3-8,14,18-20,25H,2,9-13,15-17H2,1H3,(H2,35,36,38). The zero-order chi connectivity index (χ0) is 28.5. The summed E-state index contributed by atoms with van der Waals surface area (Å²) in [6, 6.07) is 9.38. The Labute approximate surface area is 240 Å². The molecule has 4 bridgehead atoms. The molecule has 10 heteroatoms. The molecule has 2 aromatic carbocycles. The molecule has 0 spiro atoms. The molecule has 0 radical (unpaired) electrons. The first-order valence-corrected chi connectivity index (χ1v) is 14.7. The highest BCUT2D eigenvalue weighted by molar-refractivity contribution is 9.10. The van der Waals surface area contributed by atoms with E-state index in [9.17, 15) is 22.8 Å². The smallest absolute Gasteiger partial charge is 0.416 e. The summed E-state index contributed by atoms with van der Waals surface area (Å²) in [6.45, 7) is 2.23. The summed E-state index contributed by atoms with van der Waals surface area (Å²) < 4.78 is 51.2. The predicted molar refractivity (Wildman–Crippen MR) is 147 cm³/mol. The van der Waals surface area contributed by atoms with Crippen molar-refractivity contribution in [3.8, 4) is 5.75 Å². The Morgan fingerprint density at radius 2 is 1.65 bits per heavy atom. The van der Waals surface area contributed by atoms with Gasteiger partial charge in [-0.3, -0.25) is 0 Å². The topological polar surface area (TPSA) is 76.7 Å². The van der Waals surface area contributed by atoms with E-state index >= 15 is 0 Å². The molecule has 6 nitrogen and oxygen atoms in total. The number of alkyl halides is 3. The molecule has 0 aromatic heterocycles. The number of ether oxygens (including phenoxy) is 2. The fourth-order valence-electron chi connectivity index (χ4n) is 7.14. The Kier molecular flexibility index (Phi) is 8.36. The van der Waals surface area contributed by atoms with Crippen LogP contribution in [-0.4, -0.2) is 30.7 Å². The molecule has 0 heterocycles. The summed E-state index contributed by atoms with van der Waals surface area (Å²) in [5, 5.41) is 6.23. The molecular formula is C30H34BrF3N2O4. The molecule has 0 aliphatic heterocycles. The molecule has 2 N–H and O–H groups in total. The minimum atomic E-state index is -4.45. The second-order valence-corrected chi connectivity index (χ2v) is 12.3. The lowest BCUT2D eigenvalue weighted by Crippen LogP contribution is -2.61. The van der Waals surface area contributed by atoms with E-state index < -0.39 is 23.8 Å². The molecule has 2 amide bonds. The normalized spacial score (nSPS) is 25.8. The Bertz CT molecular complexity index is 1200. The summed E-state index contributed by atoms with van der Waals surface area (Å²) in [5.74, 6) is 2.06. The number of carbonyl (C=O) groups excluding carboxylic acids is 2. The fourth-order valence-corrected chi connectivity index (χ4v) is 7.61. The molecular weight excluding hydrogens is 589 g/mol. The maximum Gasteiger partial charge on any atom is 0.416 e. The van der Waals surface area contributed by atoms with E-state index in [-0.39, 0.29) is 24.7 Å². The fraction of sp³-hybridized carbons (Fsp3) is 0.533. The second-order valence-electron chi connectivity index (χ2n) is 11.5. The lowest BCUT2D eigenvalue weighted by atomic mass is 9.53. The number of halogens is 4. The van der Waals surface area contributed by atoms with Gasteiger partial charge in [-0.1, -0.05) is 12.1 Å². The Morgan fingerprint density at radius 1 is 1.02 bits per heavy atom. The first kappa shape index (κ1) is 28.8. The van der Waals surface area contributed by atoms with Gasteiger partial charge in [0, 0.05) is 18.5 Å². The summed E-state index contributed by atoms with van der Waals surface area (Å²) in [5.41, 5.74) is 0.0177. The van der Waals surface area contributed by atoms with Gasteiger partial charge in [-0.05, 0) is 115 Å².